The molecule has 3 aromatic carbocycles. The summed E-state index contributed by atoms with van der Waals surface area (Å²) in [5.74, 6) is 0.667. The van der Waals surface area contributed by atoms with E-state index in [-0.39, 0.29) is 24.8 Å². The van der Waals surface area contributed by atoms with Crippen molar-refractivity contribution in [2.75, 3.05) is 31.5 Å². The van der Waals surface area contributed by atoms with Gasteiger partial charge in [-0.25, -0.2) is 4.79 Å². The van der Waals surface area contributed by atoms with E-state index >= 15 is 0 Å². The fraction of sp³-hybridized carbons (Fsp3) is 0.382. The van der Waals surface area contributed by atoms with Gasteiger partial charge in [-0.3, -0.25) is 9.59 Å². The van der Waals surface area contributed by atoms with Crippen LogP contribution in [0.2, 0.25) is 0 Å². The van der Waals surface area contributed by atoms with Crippen molar-refractivity contribution >= 4 is 29.3 Å². The number of alkyl carbamates (subject to hydrolysis) is 1. The Morgan fingerprint density at radius 3 is 2.20 bits per heavy atom. The first-order valence-corrected chi connectivity index (χ1v) is 14.5. The fourth-order valence-corrected chi connectivity index (χ4v) is 5.28. The Labute approximate surface area is 258 Å². The Kier molecular flexibility index (Phi) is 10.0. The van der Waals surface area contributed by atoms with E-state index in [9.17, 15) is 14.4 Å². The zero-order chi connectivity index (χ0) is 32.0. The van der Waals surface area contributed by atoms with E-state index in [1.807, 2.05) is 43.3 Å². The maximum atomic E-state index is 14.0. The minimum Gasteiger partial charge on any atom is -0.496 e. The molecule has 3 amide bonds. The molecule has 4 rings (SSSR count). The summed E-state index contributed by atoms with van der Waals surface area (Å²) in [6, 6.07) is 17.8. The highest BCUT2D eigenvalue weighted by Crippen LogP contribution is 2.43. The quantitative estimate of drug-likeness (QED) is 0.301. The predicted molar refractivity (Wildman–Crippen MR) is 168 cm³/mol. The van der Waals surface area contributed by atoms with E-state index in [0.717, 1.165) is 11.1 Å². The van der Waals surface area contributed by atoms with Gasteiger partial charge < -0.3 is 34.5 Å². The second kappa shape index (κ2) is 13.7. The maximum Gasteiger partial charge on any atom is 0.407 e. The molecule has 0 aromatic heterocycles. The van der Waals surface area contributed by atoms with Gasteiger partial charge in [-0.05, 0) is 70.0 Å². The smallest absolute Gasteiger partial charge is 0.407 e. The minimum absolute atomic E-state index is 0.0683. The molecule has 1 saturated heterocycles. The van der Waals surface area contributed by atoms with Crippen LogP contribution in [0.4, 0.5) is 16.2 Å². The van der Waals surface area contributed by atoms with Crippen LogP contribution < -0.4 is 29.7 Å². The number of nitrogens with one attached hydrogen (secondary N) is 2. The molecule has 1 aliphatic rings. The molecule has 2 N–H and O–H groups in total. The third-order valence-corrected chi connectivity index (χ3v) is 7.37. The lowest BCUT2D eigenvalue weighted by molar-refractivity contribution is -0.126. The van der Waals surface area contributed by atoms with Gasteiger partial charge in [0.25, 0.3) is 0 Å². The Hall–Kier alpha value is -4.73. The molecule has 0 bridgehead atoms. The number of hydrogen-bond acceptors (Lipinski definition) is 7. The van der Waals surface area contributed by atoms with Gasteiger partial charge in [-0.15, -0.1) is 0 Å². The van der Waals surface area contributed by atoms with Crippen LogP contribution in [0.5, 0.6) is 17.2 Å². The molecule has 0 aliphatic carbocycles. The SMILES string of the molecule is COc1cc(NC(=O)C2CCC(=O)N(c3ccc(C)cc3)C2c2ccc(OC)c(OC)c2)ccc1CNC(=O)OC(C)(C)C. The first-order chi connectivity index (χ1) is 20.9. The first-order valence-electron chi connectivity index (χ1n) is 14.5. The van der Waals surface area contributed by atoms with E-state index in [2.05, 4.69) is 10.6 Å². The van der Waals surface area contributed by atoms with E-state index in [0.29, 0.717) is 40.6 Å². The summed E-state index contributed by atoms with van der Waals surface area (Å²) in [5.41, 5.74) is 3.15. The minimum atomic E-state index is -0.615. The number of anilines is 2. The summed E-state index contributed by atoms with van der Waals surface area (Å²) < 4.78 is 21.9. The van der Waals surface area contributed by atoms with Crippen LogP contribution in [0.15, 0.2) is 60.7 Å². The summed E-state index contributed by atoms with van der Waals surface area (Å²) in [5, 5.41) is 5.76. The van der Waals surface area contributed by atoms with Crippen LogP contribution >= 0.6 is 0 Å². The molecular weight excluding hydrogens is 562 g/mol. The van der Waals surface area contributed by atoms with Crippen LogP contribution in [0.1, 0.15) is 56.3 Å². The van der Waals surface area contributed by atoms with Crippen LogP contribution in [-0.2, 0) is 20.9 Å². The fourth-order valence-electron chi connectivity index (χ4n) is 5.28. The molecule has 3 aromatic rings. The van der Waals surface area contributed by atoms with Gasteiger partial charge in [0.2, 0.25) is 11.8 Å². The van der Waals surface area contributed by atoms with Gasteiger partial charge in [0, 0.05) is 36.0 Å². The third-order valence-electron chi connectivity index (χ3n) is 7.37. The number of rotatable bonds is 9. The van der Waals surface area contributed by atoms with Crippen molar-refractivity contribution in [3.8, 4) is 17.2 Å². The Morgan fingerprint density at radius 1 is 0.886 bits per heavy atom. The van der Waals surface area contributed by atoms with Gasteiger partial charge in [-0.2, -0.15) is 0 Å². The van der Waals surface area contributed by atoms with Crippen molar-refractivity contribution in [2.45, 2.75) is 58.7 Å². The summed E-state index contributed by atoms with van der Waals surface area (Å²) in [6.45, 7) is 7.55. The Bertz CT molecular complexity index is 1500. The molecule has 10 heteroatoms. The molecule has 1 fully saturated rings. The predicted octanol–water partition coefficient (Wildman–Crippen LogP) is 6.17. The Balaban J connectivity index is 1.63. The first kappa shape index (κ1) is 32.2. The van der Waals surface area contributed by atoms with Crippen molar-refractivity contribution in [3.63, 3.8) is 0 Å². The largest absolute Gasteiger partial charge is 0.496 e. The summed E-state index contributed by atoms with van der Waals surface area (Å²) in [6.07, 6.45) is 0.0400. The molecule has 0 spiro atoms. The molecular formula is C34H41N3O7. The number of piperidine rings is 1. The van der Waals surface area contributed by atoms with Gasteiger partial charge in [0.1, 0.15) is 11.4 Å². The normalized spacial score (nSPS) is 16.6. The number of hydrogen-bond donors (Lipinski definition) is 2. The van der Waals surface area contributed by atoms with Crippen LogP contribution in [-0.4, -0.2) is 44.8 Å². The number of amides is 3. The molecule has 234 valence electrons. The second-order valence-corrected chi connectivity index (χ2v) is 11.7. The number of benzene rings is 3. The molecule has 10 nitrogen and oxygen atoms in total. The van der Waals surface area contributed by atoms with Crippen LogP contribution in [0.3, 0.4) is 0 Å². The zero-order valence-corrected chi connectivity index (χ0v) is 26.4. The van der Waals surface area contributed by atoms with E-state index in [4.69, 9.17) is 18.9 Å². The monoisotopic (exact) mass is 603 g/mol. The summed E-state index contributed by atoms with van der Waals surface area (Å²) in [7, 11) is 4.64. The lowest BCUT2D eigenvalue weighted by atomic mass is 9.83. The van der Waals surface area contributed by atoms with Gasteiger partial charge >= 0.3 is 6.09 Å². The second-order valence-electron chi connectivity index (χ2n) is 11.7. The number of aryl methyl sites for hydroxylation is 1. The van der Waals surface area contributed by atoms with E-state index < -0.39 is 23.7 Å². The molecule has 0 radical (unpaired) electrons. The van der Waals surface area contributed by atoms with Crippen molar-refractivity contribution in [2.24, 2.45) is 5.92 Å². The van der Waals surface area contributed by atoms with Crippen molar-refractivity contribution in [1.29, 1.82) is 0 Å². The molecule has 1 heterocycles. The number of carbonyl (C=O) groups excluding carboxylic acids is 3. The van der Waals surface area contributed by atoms with Crippen molar-refractivity contribution in [1.82, 2.24) is 5.32 Å². The molecule has 0 saturated carbocycles. The highest BCUT2D eigenvalue weighted by molar-refractivity contribution is 6.00. The number of ether oxygens (including phenoxy) is 4. The summed E-state index contributed by atoms with van der Waals surface area (Å²) >= 11 is 0. The van der Waals surface area contributed by atoms with Gasteiger partial charge in [0.05, 0.1) is 33.3 Å². The van der Waals surface area contributed by atoms with Crippen molar-refractivity contribution < 1.29 is 33.3 Å². The summed E-state index contributed by atoms with van der Waals surface area (Å²) in [4.78, 5) is 41.3. The lowest BCUT2D eigenvalue weighted by Gasteiger charge is -2.41. The lowest BCUT2D eigenvalue weighted by Crippen LogP contribution is -2.47. The standard InChI is InChI=1S/C34H41N3O7/c1-21-8-13-25(14-9-21)37-30(38)17-15-26(31(37)22-11-16-27(41-5)29(18-22)43-7)32(39)36-24-12-10-23(28(19-24)42-6)20-35-33(40)44-34(2,3)4/h8-14,16,18-19,26,31H,15,17,20H2,1-7H3,(H,35,40)(H,36,39). The molecule has 2 unspecified atom stereocenters. The third kappa shape index (κ3) is 7.61. The zero-order valence-electron chi connectivity index (χ0n) is 26.4. The number of carbonyl (C=O) groups is 3. The molecule has 1 aliphatic heterocycles. The van der Waals surface area contributed by atoms with Gasteiger partial charge in [0.15, 0.2) is 11.5 Å². The molecule has 44 heavy (non-hydrogen) atoms. The average Bonchev–Trinajstić information content (AvgIpc) is 2.99. The topological polar surface area (TPSA) is 115 Å². The number of nitrogens with zero attached hydrogens (tertiary/aromatic N) is 1. The maximum absolute atomic E-state index is 14.0. The van der Waals surface area contributed by atoms with E-state index in [1.54, 1.807) is 64.2 Å². The van der Waals surface area contributed by atoms with Crippen LogP contribution in [0.25, 0.3) is 0 Å². The van der Waals surface area contributed by atoms with E-state index in [1.165, 1.54) is 7.11 Å². The van der Waals surface area contributed by atoms with Crippen LogP contribution in [0, 0.1) is 12.8 Å². The molecule has 2 atom stereocenters. The number of methoxy groups -OCH3 is 3. The van der Waals surface area contributed by atoms with Crippen molar-refractivity contribution in [3.05, 3.63) is 77.4 Å². The Morgan fingerprint density at radius 2 is 1.57 bits per heavy atom. The average molecular weight is 604 g/mol. The van der Waals surface area contributed by atoms with Gasteiger partial charge in [-0.1, -0.05) is 29.8 Å². The highest BCUT2D eigenvalue weighted by atomic mass is 16.6. The highest BCUT2D eigenvalue weighted by Gasteiger charge is 2.42.